The number of likely N-dealkylation sites (N-methyl/N-ethyl adjacent to an activating group) is 1. The van der Waals surface area contributed by atoms with Crippen LogP contribution in [-0.2, 0) is 4.79 Å². The highest BCUT2D eigenvalue weighted by Crippen LogP contribution is 2.16. The Labute approximate surface area is 144 Å². The zero-order valence-electron chi connectivity index (χ0n) is 14.8. The number of carbonyl (C=O) groups excluding carboxylic acids is 1. The topological polar surface area (TPSA) is 41.6 Å². The first-order valence-electron chi connectivity index (χ1n) is 8.19. The van der Waals surface area contributed by atoms with Crippen LogP contribution >= 0.6 is 0 Å². The van der Waals surface area contributed by atoms with E-state index < -0.39 is 6.10 Å². The van der Waals surface area contributed by atoms with Gasteiger partial charge in [-0.3, -0.25) is 4.79 Å². The van der Waals surface area contributed by atoms with Crippen molar-refractivity contribution >= 4 is 5.91 Å². The van der Waals surface area contributed by atoms with Crippen LogP contribution in [0.3, 0.4) is 0 Å². The summed E-state index contributed by atoms with van der Waals surface area (Å²) in [5.41, 5.74) is 2.25. The van der Waals surface area contributed by atoms with Gasteiger partial charge in [-0.05, 0) is 45.6 Å². The largest absolute Gasteiger partial charge is 0.481 e. The minimum absolute atomic E-state index is 0.0715. The van der Waals surface area contributed by atoms with Crippen molar-refractivity contribution in [1.29, 1.82) is 0 Å². The molecule has 0 aliphatic carbocycles. The van der Waals surface area contributed by atoms with Crippen LogP contribution in [0.1, 0.15) is 24.1 Å². The van der Waals surface area contributed by atoms with Crippen molar-refractivity contribution in [3.05, 3.63) is 65.7 Å². The van der Waals surface area contributed by atoms with Crippen molar-refractivity contribution in [3.63, 3.8) is 0 Å². The number of rotatable bonds is 7. The van der Waals surface area contributed by atoms with E-state index in [0.717, 1.165) is 17.7 Å². The average molecular weight is 326 g/mol. The smallest absolute Gasteiger partial charge is 0.261 e. The molecule has 2 aromatic rings. The normalized spacial score (nSPS) is 13.4. The van der Waals surface area contributed by atoms with Crippen LogP contribution in [0.2, 0.25) is 0 Å². The van der Waals surface area contributed by atoms with Crippen molar-refractivity contribution in [2.24, 2.45) is 0 Å². The third-order valence-corrected chi connectivity index (χ3v) is 3.77. The van der Waals surface area contributed by atoms with Crippen LogP contribution < -0.4 is 10.1 Å². The molecule has 0 unspecified atom stereocenters. The van der Waals surface area contributed by atoms with Gasteiger partial charge in [-0.2, -0.15) is 0 Å². The first kappa shape index (κ1) is 18.0. The monoisotopic (exact) mass is 326 g/mol. The molecule has 0 spiro atoms. The van der Waals surface area contributed by atoms with Crippen molar-refractivity contribution in [2.75, 3.05) is 20.6 Å². The predicted octanol–water partition coefficient (Wildman–Crippen LogP) is 3.18. The van der Waals surface area contributed by atoms with E-state index in [1.54, 1.807) is 6.92 Å². The fourth-order valence-electron chi connectivity index (χ4n) is 2.45. The molecule has 2 aromatic carbocycles. The lowest BCUT2D eigenvalue weighted by molar-refractivity contribution is -0.128. The summed E-state index contributed by atoms with van der Waals surface area (Å²) in [4.78, 5) is 14.6. The second-order valence-corrected chi connectivity index (χ2v) is 6.31. The highest BCUT2D eigenvalue weighted by molar-refractivity contribution is 5.81. The number of hydrogen-bond acceptors (Lipinski definition) is 3. The van der Waals surface area contributed by atoms with Crippen LogP contribution in [0.4, 0.5) is 0 Å². The molecular weight excluding hydrogens is 300 g/mol. The lowest BCUT2D eigenvalue weighted by Crippen LogP contribution is -2.41. The van der Waals surface area contributed by atoms with Gasteiger partial charge >= 0.3 is 0 Å². The number of carbonyl (C=O) groups is 1. The summed E-state index contributed by atoms with van der Waals surface area (Å²) in [5.74, 6) is 0.582. The summed E-state index contributed by atoms with van der Waals surface area (Å²) in [6, 6.07) is 17.6. The summed E-state index contributed by atoms with van der Waals surface area (Å²) in [5, 5.41) is 3.09. The van der Waals surface area contributed by atoms with Crippen molar-refractivity contribution in [3.8, 4) is 5.75 Å². The molecule has 128 valence electrons. The molecule has 24 heavy (non-hydrogen) atoms. The van der Waals surface area contributed by atoms with Gasteiger partial charge in [0.05, 0.1) is 6.04 Å². The molecule has 0 radical (unpaired) electrons. The van der Waals surface area contributed by atoms with E-state index in [4.69, 9.17) is 4.74 Å². The maximum Gasteiger partial charge on any atom is 0.261 e. The Morgan fingerprint density at radius 1 is 1.08 bits per heavy atom. The molecule has 2 atom stereocenters. The van der Waals surface area contributed by atoms with E-state index in [9.17, 15) is 4.79 Å². The number of nitrogens with one attached hydrogen (secondary N) is 1. The SMILES string of the molecule is Cc1ccc(O[C@H](C)C(=O)N[C@@H](CN(C)C)c2ccccc2)cc1. The predicted molar refractivity (Wildman–Crippen MR) is 97.1 cm³/mol. The van der Waals surface area contributed by atoms with E-state index in [0.29, 0.717) is 5.75 Å². The maximum absolute atomic E-state index is 12.5. The van der Waals surface area contributed by atoms with E-state index in [-0.39, 0.29) is 11.9 Å². The first-order chi connectivity index (χ1) is 11.5. The molecule has 4 heteroatoms. The Bertz CT molecular complexity index is 638. The van der Waals surface area contributed by atoms with Gasteiger partial charge in [0.15, 0.2) is 6.10 Å². The van der Waals surface area contributed by atoms with E-state index in [2.05, 4.69) is 10.2 Å². The minimum atomic E-state index is -0.555. The van der Waals surface area contributed by atoms with Gasteiger partial charge in [-0.1, -0.05) is 48.0 Å². The number of nitrogens with zero attached hydrogens (tertiary/aromatic N) is 1. The van der Waals surface area contributed by atoms with Gasteiger partial charge in [0.1, 0.15) is 5.75 Å². The fourth-order valence-corrected chi connectivity index (χ4v) is 2.45. The van der Waals surface area contributed by atoms with Gasteiger partial charge in [0, 0.05) is 6.54 Å². The molecule has 0 saturated carbocycles. The molecule has 0 heterocycles. The van der Waals surface area contributed by atoms with Crippen molar-refractivity contribution < 1.29 is 9.53 Å². The summed E-state index contributed by atoms with van der Waals surface area (Å²) in [6.45, 7) is 4.52. The first-order valence-corrected chi connectivity index (χ1v) is 8.19. The lowest BCUT2D eigenvalue weighted by atomic mass is 10.1. The second-order valence-electron chi connectivity index (χ2n) is 6.31. The van der Waals surface area contributed by atoms with Gasteiger partial charge in [-0.15, -0.1) is 0 Å². The van der Waals surface area contributed by atoms with Crippen LogP contribution in [0.5, 0.6) is 5.75 Å². The summed E-state index contributed by atoms with van der Waals surface area (Å²) in [6.07, 6.45) is -0.555. The molecular formula is C20H26N2O2. The Balaban J connectivity index is 2.02. The van der Waals surface area contributed by atoms with E-state index >= 15 is 0 Å². The van der Waals surface area contributed by atoms with Crippen LogP contribution in [0.15, 0.2) is 54.6 Å². The van der Waals surface area contributed by atoms with Gasteiger partial charge in [0.25, 0.3) is 5.91 Å². The highest BCUT2D eigenvalue weighted by atomic mass is 16.5. The number of aryl methyl sites for hydroxylation is 1. The Kier molecular flexibility index (Phi) is 6.38. The third-order valence-electron chi connectivity index (χ3n) is 3.77. The zero-order chi connectivity index (χ0) is 17.5. The fraction of sp³-hybridized carbons (Fsp3) is 0.350. The standard InChI is InChI=1S/C20H26N2O2/c1-15-10-12-18(13-11-15)24-16(2)20(23)21-19(14-22(3)4)17-8-6-5-7-9-17/h5-13,16,19H,14H2,1-4H3,(H,21,23)/t16-,19+/m1/s1. The number of benzene rings is 2. The Morgan fingerprint density at radius 3 is 2.29 bits per heavy atom. The number of amides is 1. The molecule has 0 aliphatic heterocycles. The Morgan fingerprint density at radius 2 is 1.71 bits per heavy atom. The molecule has 4 nitrogen and oxygen atoms in total. The number of hydrogen-bond donors (Lipinski definition) is 1. The van der Waals surface area contributed by atoms with Gasteiger partial charge in [-0.25, -0.2) is 0 Å². The zero-order valence-corrected chi connectivity index (χ0v) is 14.8. The molecule has 0 fully saturated rings. The summed E-state index contributed by atoms with van der Waals surface area (Å²) in [7, 11) is 3.99. The van der Waals surface area contributed by atoms with Gasteiger partial charge < -0.3 is 15.0 Å². The molecule has 1 amide bonds. The molecule has 1 N–H and O–H groups in total. The van der Waals surface area contributed by atoms with E-state index in [1.165, 1.54) is 0 Å². The lowest BCUT2D eigenvalue weighted by Gasteiger charge is -2.24. The quantitative estimate of drug-likeness (QED) is 0.850. The molecule has 0 aliphatic rings. The van der Waals surface area contributed by atoms with Crippen LogP contribution in [0.25, 0.3) is 0 Å². The molecule has 2 rings (SSSR count). The molecule has 0 bridgehead atoms. The van der Waals surface area contributed by atoms with E-state index in [1.807, 2.05) is 75.6 Å². The highest BCUT2D eigenvalue weighted by Gasteiger charge is 2.20. The van der Waals surface area contributed by atoms with Crippen LogP contribution in [-0.4, -0.2) is 37.6 Å². The second kappa shape index (κ2) is 8.50. The molecule has 0 aromatic heterocycles. The maximum atomic E-state index is 12.5. The van der Waals surface area contributed by atoms with Crippen LogP contribution in [0, 0.1) is 6.92 Å². The third kappa shape index (κ3) is 5.39. The van der Waals surface area contributed by atoms with Crippen molar-refractivity contribution in [2.45, 2.75) is 26.0 Å². The Hall–Kier alpha value is -2.33. The van der Waals surface area contributed by atoms with Crippen molar-refractivity contribution in [1.82, 2.24) is 10.2 Å². The summed E-state index contributed by atoms with van der Waals surface area (Å²) < 4.78 is 5.75. The molecule has 0 saturated heterocycles. The van der Waals surface area contributed by atoms with Gasteiger partial charge in [0.2, 0.25) is 0 Å². The average Bonchev–Trinajstić information content (AvgIpc) is 2.56. The minimum Gasteiger partial charge on any atom is -0.481 e. The number of ether oxygens (including phenoxy) is 1. The summed E-state index contributed by atoms with van der Waals surface area (Å²) >= 11 is 0.